The molecular formula is C23H26ClF3N2OS2. The number of nitrogens with zero attached hydrogens (tertiary/aromatic N) is 1. The minimum Gasteiger partial charge on any atom is -0.380 e. The molecule has 0 bridgehead atoms. The molecule has 3 nitrogen and oxygen atoms in total. The minimum atomic E-state index is -4.81. The Balaban J connectivity index is 1.96. The number of hydrogen-bond donors (Lipinski definition) is 2. The quantitative estimate of drug-likeness (QED) is 0.318. The lowest BCUT2D eigenvalue weighted by Gasteiger charge is -2.38. The highest BCUT2D eigenvalue weighted by atomic mass is 35.5. The van der Waals surface area contributed by atoms with Crippen molar-refractivity contribution in [2.75, 3.05) is 12.0 Å². The lowest BCUT2D eigenvalue weighted by molar-refractivity contribution is -0.266. The van der Waals surface area contributed by atoms with Gasteiger partial charge in [-0.3, -0.25) is 0 Å². The van der Waals surface area contributed by atoms with E-state index in [9.17, 15) is 18.3 Å². The van der Waals surface area contributed by atoms with Gasteiger partial charge in [-0.1, -0.05) is 38.4 Å². The number of aliphatic hydroxyl groups is 1. The normalized spacial score (nSPS) is 14.7. The van der Waals surface area contributed by atoms with Gasteiger partial charge in [0.15, 0.2) is 5.60 Å². The van der Waals surface area contributed by atoms with Crippen LogP contribution in [0.4, 0.5) is 13.2 Å². The smallest absolute Gasteiger partial charge is 0.380 e. The number of pyridine rings is 1. The molecule has 1 unspecified atom stereocenters. The van der Waals surface area contributed by atoms with Crippen LogP contribution >= 0.6 is 35.1 Å². The zero-order valence-electron chi connectivity index (χ0n) is 18.3. The van der Waals surface area contributed by atoms with Crippen LogP contribution in [0.3, 0.4) is 0 Å². The van der Waals surface area contributed by atoms with Crippen molar-refractivity contribution in [3.63, 3.8) is 0 Å². The average Bonchev–Trinajstić information content (AvgIpc) is 3.07. The van der Waals surface area contributed by atoms with Crippen molar-refractivity contribution in [1.29, 1.82) is 0 Å². The van der Waals surface area contributed by atoms with Crippen LogP contribution in [0, 0.1) is 0 Å². The summed E-state index contributed by atoms with van der Waals surface area (Å²) in [6, 6.07) is 8.66. The maximum atomic E-state index is 14.2. The Bertz CT molecular complexity index is 1100. The van der Waals surface area contributed by atoms with Gasteiger partial charge in [-0.25, -0.2) is 4.98 Å². The van der Waals surface area contributed by atoms with Gasteiger partial charge in [0.25, 0.3) is 0 Å². The highest BCUT2D eigenvalue weighted by Crippen LogP contribution is 2.45. The Morgan fingerprint density at radius 2 is 1.88 bits per heavy atom. The monoisotopic (exact) mass is 502 g/mol. The highest BCUT2D eigenvalue weighted by molar-refractivity contribution is 7.99. The molecule has 0 aliphatic carbocycles. The summed E-state index contributed by atoms with van der Waals surface area (Å²) >= 11 is 9.06. The molecule has 0 aliphatic rings. The molecule has 0 radical (unpaired) electrons. The first kappa shape index (κ1) is 25.3. The van der Waals surface area contributed by atoms with Crippen molar-refractivity contribution in [2.24, 2.45) is 0 Å². The Morgan fingerprint density at radius 3 is 2.50 bits per heavy atom. The third-order valence-electron chi connectivity index (χ3n) is 5.47. The summed E-state index contributed by atoms with van der Waals surface area (Å²) in [5, 5.41) is 13.1. The number of aromatic amines is 1. The lowest BCUT2D eigenvalue weighted by atomic mass is 9.73. The van der Waals surface area contributed by atoms with E-state index >= 15 is 0 Å². The van der Waals surface area contributed by atoms with Gasteiger partial charge in [0, 0.05) is 27.4 Å². The molecule has 174 valence electrons. The first-order valence-electron chi connectivity index (χ1n) is 10.1. The Kier molecular flexibility index (Phi) is 7.49. The number of hydrogen-bond acceptors (Lipinski definition) is 4. The molecule has 1 atom stereocenters. The van der Waals surface area contributed by atoms with Crippen LogP contribution in [-0.4, -0.2) is 38.9 Å². The molecular weight excluding hydrogens is 477 g/mol. The maximum Gasteiger partial charge on any atom is 0.417 e. The molecule has 3 rings (SSSR count). The van der Waals surface area contributed by atoms with Gasteiger partial charge in [0.1, 0.15) is 0 Å². The van der Waals surface area contributed by atoms with Gasteiger partial charge in [-0.2, -0.15) is 13.2 Å². The summed E-state index contributed by atoms with van der Waals surface area (Å²) in [5.74, 6) is 0.849. The third kappa shape index (κ3) is 5.41. The van der Waals surface area contributed by atoms with E-state index in [-0.39, 0.29) is 0 Å². The average molecular weight is 503 g/mol. The molecule has 32 heavy (non-hydrogen) atoms. The number of nitrogens with one attached hydrogen (secondary N) is 1. The summed E-state index contributed by atoms with van der Waals surface area (Å²) in [4.78, 5) is 8.11. The van der Waals surface area contributed by atoms with Crippen LogP contribution in [0.2, 0.25) is 5.02 Å². The molecule has 3 aromatic rings. The minimum absolute atomic E-state index is 0.317. The summed E-state index contributed by atoms with van der Waals surface area (Å²) in [5.41, 5.74) is -2.18. The molecule has 2 aromatic heterocycles. The Hall–Kier alpha value is -1.35. The second-order valence-corrected chi connectivity index (χ2v) is 11.0. The SMILES string of the molecule is CCSc1cc2cc(CC(O)(CC(C)(C)c3ccc(Cl)cc3SC)C(F)(F)F)[nH]c2cn1. The van der Waals surface area contributed by atoms with E-state index in [1.54, 1.807) is 56.1 Å². The summed E-state index contributed by atoms with van der Waals surface area (Å²) < 4.78 is 42.6. The zero-order valence-corrected chi connectivity index (χ0v) is 20.7. The standard InChI is InChI=1S/C23H26ClF3N2OS2/c1-5-32-20-9-14-8-16(29-18(14)12-28-20)11-22(30,23(25,26)27)13-21(2,3)17-7-6-15(24)10-19(17)31-4/h6-10,12,29-30H,5,11,13H2,1-4H3. The summed E-state index contributed by atoms with van der Waals surface area (Å²) in [6.07, 6.45) is -2.41. The molecule has 0 saturated carbocycles. The second kappa shape index (κ2) is 9.49. The molecule has 2 N–H and O–H groups in total. The summed E-state index contributed by atoms with van der Waals surface area (Å²) in [6.45, 7) is 5.44. The van der Waals surface area contributed by atoms with Crippen LogP contribution in [0.15, 0.2) is 46.5 Å². The Morgan fingerprint density at radius 1 is 1.16 bits per heavy atom. The number of thioether (sulfide) groups is 2. The van der Waals surface area contributed by atoms with Crippen LogP contribution in [-0.2, 0) is 11.8 Å². The molecule has 1 aromatic carbocycles. The van der Waals surface area contributed by atoms with Crippen molar-refractivity contribution < 1.29 is 18.3 Å². The predicted molar refractivity (Wildman–Crippen MR) is 128 cm³/mol. The molecule has 0 aliphatic heterocycles. The highest BCUT2D eigenvalue weighted by Gasteiger charge is 2.56. The number of aromatic nitrogens is 2. The number of fused-ring (bicyclic) bond motifs is 1. The fourth-order valence-corrected chi connectivity index (χ4v) is 5.70. The van der Waals surface area contributed by atoms with E-state index in [1.807, 2.05) is 19.2 Å². The van der Waals surface area contributed by atoms with E-state index < -0.39 is 30.0 Å². The van der Waals surface area contributed by atoms with Crippen molar-refractivity contribution in [3.8, 4) is 0 Å². The van der Waals surface area contributed by atoms with E-state index in [0.29, 0.717) is 16.2 Å². The molecule has 0 amide bonds. The van der Waals surface area contributed by atoms with Crippen molar-refractivity contribution in [2.45, 2.75) is 60.7 Å². The van der Waals surface area contributed by atoms with E-state index in [1.165, 1.54) is 11.8 Å². The van der Waals surface area contributed by atoms with E-state index in [4.69, 9.17) is 11.6 Å². The van der Waals surface area contributed by atoms with Gasteiger partial charge in [0.05, 0.1) is 16.7 Å². The number of benzene rings is 1. The van der Waals surface area contributed by atoms with Gasteiger partial charge in [-0.15, -0.1) is 23.5 Å². The molecule has 2 heterocycles. The molecule has 0 fully saturated rings. The van der Waals surface area contributed by atoms with Crippen molar-refractivity contribution in [1.82, 2.24) is 9.97 Å². The van der Waals surface area contributed by atoms with Gasteiger partial charge in [-0.05, 0) is 53.7 Å². The van der Waals surface area contributed by atoms with Crippen LogP contribution in [0.25, 0.3) is 10.9 Å². The van der Waals surface area contributed by atoms with Crippen molar-refractivity contribution in [3.05, 3.63) is 52.8 Å². The lowest BCUT2D eigenvalue weighted by Crippen LogP contribution is -2.51. The number of halogens is 4. The van der Waals surface area contributed by atoms with E-state index in [2.05, 4.69) is 9.97 Å². The molecule has 0 saturated heterocycles. The van der Waals surface area contributed by atoms with Gasteiger partial charge in [0.2, 0.25) is 0 Å². The second-order valence-electron chi connectivity index (χ2n) is 8.45. The number of rotatable bonds is 8. The zero-order chi connectivity index (χ0) is 23.7. The van der Waals surface area contributed by atoms with Crippen LogP contribution < -0.4 is 0 Å². The first-order valence-corrected chi connectivity index (χ1v) is 12.7. The number of H-pyrrole nitrogens is 1. The van der Waals surface area contributed by atoms with Crippen LogP contribution in [0.1, 0.15) is 38.4 Å². The predicted octanol–water partition coefficient (Wildman–Crippen LogP) is 7.25. The van der Waals surface area contributed by atoms with E-state index in [0.717, 1.165) is 26.6 Å². The fraction of sp³-hybridized carbons (Fsp3) is 0.435. The topological polar surface area (TPSA) is 48.9 Å². The fourth-order valence-electron chi connectivity index (χ4n) is 4.02. The number of alkyl halides is 3. The largest absolute Gasteiger partial charge is 0.417 e. The third-order valence-corrected chi connectivity index (χ3v) is 7.29. The molecule has 0 spiro atoms. The summed E-state index contributed by atoms with van der Waals surface area (Å²) in [7, 11) is 0. The van der Waals surface area contributed by atoms with Crippen LogP contribution in [0.5, 0.6) is 0 Å². The van der Waals surface area contributed by atoms with Gasteiger partial charge >= 0.3 is 6.18 Å². The molecule has 9 heteroatoms. The van der Waals surface area contributed by atoms with Gasteiger partial charge < -0.3 is 10.1 Å². The first-order chi connectivity index (χ1) is 14.9. The Labute approximate surface area is 199 Å². The van der Waals surface area contributed by atoms with Crippen molar-refractivity contribution >= 4 is 46.0 Å². The maximum absolute atomic E-state index is 14.2.